The predicted molar refractivity (Wildman–Crippen MR) is 87.4 cm³/mol. The van der Waals surface area contributed by atoms with E-state index in [2.05, 4.69) is 6.07 Å². The van der Waals surface area contributed by atoms with Crippen LogP contribution in [0.15, 0.2) is 17.1 Å². The highest BCUT2D eigenvalue weighted by molar-refractivity contribution is 6.12. The maximum atomic E-state index is 10.1. The summed E-state index contributed by atoms with van der Waals surface area (Å²) < 4.78 is 17.4. The SMILES string of the molecule is COc1cc2c3c(c1OC)/C1=C\C[C@H](O)CC[C@@H](O1)C3=NCC2. The van der Waals surface area contributed by atoms with Crippen LogP contribution in [0.1, 0.15) is 36.0 Å². The van der Waals surface area contributed by atoms with E-state index in [1.54, 1.807) is 14.2 Å². The number of hydrogen-bond acceptors (Lipinski definition) is 5. The molecule has 0 saturated heterocycles. The molecule has 122 valence electrons. The fourth-order valence-corrected chi connectivity index (χ4v) is 3.73. The molecule has 1 aromatic carbocycles. The third-order valence-corrected chi connectivity index (χ3v) is 4.83. The van der Waals surface area contributed by atoms with E-state index in [1.807, 2.05) is 6.08 Å². The lowest BCUT2D eigenvalue weighted by atomic mass is 9.83. The number of ether oxygens (including phenoxy) is 3. The van der Waals surface area contributed by atoms with Crippen LogP contribution in [-0.4, -0.2) is 43.8 Å². The van der Waals surface area contributed by atoms with Crippen molar-refractivity contribution in [3.63, 3.8) is 0 Å². The smallest absolute Gasteiger partial charge is 0.172 e. The fraction of sp³-hybridized carbons (Fsp3) is 0.500. The maximum Gasteiger partial charge on any atom is 0.172 e. The molecule has 0 unspecified atom stereocenters. The largest absolute Gasteiger partial charge is 0.493 e. The van der Waals surface area contributed by atoms with Crippen molar-refractivity contribution >= 4 is 11.5 Å². The summed E-state index contributed by atoms with van der Waals surface area (Å²) in [5, 5.41) is 10.1. The van der Waals surface area contributed by atoms with Gasteiger partial charge in [0, 0.05) is 12.1 Å². The molecule has 2 bridgehead atoms. The minimum absolute atomic E-state index is 0.0825. The van der Waals surface area contributed by atoms with Crippen molar-refractivity contribution in [1.29, 1.82) is 0 Å². The Bertz CT molecular complexity index is 707. The highest BCUT2D eigenvalue weighted by Gasteiger charge is 2.38. The minimum Gasteiger partial charge on any atom is -0.493 e. The van der Waals surface area contributed by atoms with Gasteiger partial charge < -0.3 is 19.3 Å². The molecule has 1 aromatic rings. The molecule has 5 nitrogen and oxygen atoms in total. The Morgan fingerprint density at radius 1 is 1.22 bits per heavy atom. The molecule has 3 heterocycles. The van der Waals surface area contributed by atoms with Gasteiger partial charge in [-0.3, -0.25) is 4.99 Å². The zero-order valence-electron chi connectivity index (χ0n) is 13.5. The molecule has 3 aliphatic rings. The lowest BCUT2D eigenvalue weighted by molar-refractivity contribution is 0.127. The number of methoxy groups -OCH3 is 2. The van der Waals surface area contributed by atoms with Crippen LogP contribution < -0.4 is 9.47 Å². The van der Waals surface area contributed by atoms with Crippen LogP contribution in [0.3, 0.4) is 0 Å². The van der Waals surface area contributed by atoms with Crippen LogP contribution in [0.2, 0.25) is 0 Å². The Balaban J connectivity index is 2.00. The number of fused-ring (bicyclic) bond motifs is 4. The van der Waals surface area contributed by atoms with Gasteiger partial charge in [0.15, 0.2) is 11.5 Å². The van der Waals surface area contributed by atoms with Gasteiger partial charge in [-0.25, -0.2) is 0 Å². The summed E-state index contributed by atoms with van der Waals surface area (Å²) in [4.78, 5) is 4.74. The summed E-state index contributed by atoms with van der Waals surface area (Å²) in [6, 6.07) is 2.06. The molecule has 0 amide bonds. The van der Waals surface area contributed by atoms with Gasteiger partial charge in [0.05, 0.1) is 31.6 Å². The molecule has 2 atom stereocenters. The van der Waals surface area contributed by atoms with Gasteiger partial charge in [-0.1, -0.05) is 0 Å². The summed E-state index contributed by atoms with van der Waals surface area (Å²) in [5.74, 6) is 2.18. The van der Waals surface area contributed by atoms with E-state index in [-0.39, 0.29) is 12.2 Å². The van der Waals surface area contributed by atoms with Crippen molar-refractivity contribution in [1.82, 2.24) is 0 Å². The molecule has 0 saturated carbocycles. The lowest BCUT2D eigenvalue weighted by Gasteiger charge is -2.36. The lowest BCUT2D eigenvalue weighted by Crippen LogP contribution is -2.35. The zero-order chi connectivity index (χ0) is 16.0. The van der Waals surface area contributed by atoms with Gasteiger partial charge in [-0.15, -0.1) is 0 Å². The van der Waals surface area contributed by atoms with Crippen LogP contribution in [0.25, 0.3) is 5.76 Å². The Morgan fingerprint density at radius 3 is 2.87 bits per heavy atom. The molecule has 5 heteroatoms. The first kappa shape index (κ1) is 14.6. The average molecular weight is 315 g/mol. The highest BCUT2D eigenvalue weighted by Crippen LogP contribution is 2.46. The van der Waals surface area contributed by atoms with Crippen molar-refractivity contribution in [2.24, 2.45) is 4.99 Å². The van der Waals surface area contributed by atoms with Gasteiger partial charge in [-0.2, -0.15) is 0 Å². The van der Waals surface area contributed by atoms with Crippen LogP contribution in [0.4, 0.5) is 0 Å². The van der Waals surface area contributed by atoms with Crippen molar-refractivity contribution in [3.05, 3.63) is 28.8 Å². The molecular formula is C18H21NO4. The number of benzene rings is 1. The Morgan fingerprint density at radius 2 is 2.09 bits per heavy atom. The topological polar surface area (TPSA) is 60.3 Å². The third kappa shape index (κ3) is 2.22. The molecule has 0 radical (unpaired) electrons. The number of aliphatic hydroxyl groups is 1. The summed E-state index contributed by atoms with van der Waals surface area (Å²) in [6.07, 6.45) is 4.55. The van der Waals surface area contributed by atoms with E-state index in [9.17, 15) is 5.11 Å². The predicted octanol–water partition coefficient (Wildman–Crippen LogP) is 2.33. The van der Waals surface area contributed by atoms with Crippen LogP contribution in [0.5, 0.6) is 11.5 Å². The quantitative estimate of drug-likeness (QED) is 0.910. The van der Waals surface area contributed by atoms with E-state index in [4.69, 9.17) is 19.2 Å². The number of aliphatic imine (C=N–C) groups is 1. The monoisotopic (exact) mass is 315 g/mol. The molecule has 4 rings (SSSR count). The van der Waals surface area contributed by atoms with Crippen LogP contribution >= 0.6 is 0 Å². The summed E-state index contributed by atoms with van der Waals surface area (Å²) in [5.41, 5.74) is 4.30. The first-order valence-corrected chi connectivity index (χ1v) is 8.10. The van der Waals surface area contributed by atoms with Gasteiger partial charge in [0.1, 0.15) is 11.9 Å². The zero-order valence-corrected chi connectivity index (χ0v) is 13.5. The van der Waals surface area contributed by atoms with Gasteiger partial charge in [0.25, 0.3) is 0 Å². The van der Waals surface area contributed by atoms with E-state index in [1.165, 1.54) is 5.56 Å². The second-order valence-electron chi connectivity index (χ2n) is 6.18. The normalized spacial score (nSPS) is 27.4. The standard InChI is InChI=1S/C18H21NO4/c1-21-14-9-10-7-8-19-17-13-6-4-11(20)3-5-12(23-13)16(15(10)17)18(14)22-2/h5,9,11,13,20H,3-4,6-8H2,1-2H3/b12-5+/t11-,13+/m0/s1. The number of nitrogens with zero attached hydrogens (tertiary/aromatic N) is 1. The first-order valence-electron chi connectivity index (χ1n) is 8.10. The van der Waals surface area contributed by atoms with Crippen LogP contribution in [-0.2, 0) is 11.2 Å². The van der Waals surface area contributed by atoms with Crippen molar-refractivity contribution in [2.45, 2.75) is 37.9 Å². The van der Waals surface area contributed by atoms with E-state index >= 15 is 0 Å². The van der Waals surface area contributed by atoms with Gasteiger partial charge >= 0.3 is 0 Å². The summed E-state index contributed by atoms with van der Waals surface area (Å²) >= 11 is 0. The molecule has 0 fully saturated rings. The molecule has 3 aliphatic heterocycles. The fourth-order valence-electron chi connectivity index (χ4n) is 3.73. The van der Waals surface area contributed by atoms with Gasteiger partial charge in [0.2, 0.25) is 0 Å². The van der Waals surface area contributed by atoms with E-state index < -0.39 is 0 Å². The summed E-state index contributed by atoms with van der Waals surface area (Å²) in [7, 11) is 3.29. The Kier molecular flexibility index (Phi) is 3.53. The van der Waals surface area contributed by atoms with Crippen molar-refractivity contribution in [2.75, 3.05) is 20.8 Å². The second-order valence-corrected chi connectivity index (χ2v) is 6.18. The Hall–Kier alpha value is -2.01. The molecular weight excluding hydrogens is 294 g/mol. The number of aliphatic hydroxyl groups excluding tert-OH is 1. The van der Waals surface area contributed by atoms with Gasteiger partial charge in [-0.05, 0) is 43.4 Å². The highest BCUT2D eigenvalue weighted by atomic mass is 16.5. The minimum atomic E-state index is -0.335. The molecule has 1 N–H and O–H groups in total. The first-order chi connectivity index (χ1) is 11.2. The van der Waals surface area contributed by atoms with Crippen molar-refractivity contribution in [3.8, 4) is 11.5 Å². The molecule has 0 aromatic heterocycles. The Labute approximate surface area is 135 Å². The summed E-state index contributed by atoms with van der Waals surface area (Å²) in [6.45, 7) is 0.763. The molecule has 23 heavy (non-hydrogen) atoms. The second kappa shape index (κ2) is 5.57. The van der Waals surface area contributed by atoms with Crippen molar-refractivity contribution < 1.29 is 19.3 Å². The third-order valence-electron chi connectivity index (χ3n) is 4.83. The van der Waals surface area contributed by atoms with Crippen LogP contribution in [0, 0.1) is 0 Å². The van der Waals surface area contributed by atoms with E-state index in [0.29, 0.717) is 17.9 Å². The molecule has 0 spiro atoms. The number of hydrogen-bond donors (Lipinski definition) is 1. The average Bonchev–Trinajstić information content (AvgIpc) is 2.57. The maximum absolute atomic E-state index is 10.1. The number of rotatable bonds is 2. The van der Waals surface area contributed by atoms with E-state index in [0.717, 1.165) is 48.4 Å². The molecule has 0 aliphatic carbocycles.